The van der Waals surface area contributed by atoms with Gasteiger partial charge in [-0.15, -0.1) is 0 Å². The highest BCUT2D eigenvalue weighted by molar-refractivity contribution is 7.89. The van der Waals surface area contributed by atoms with E-state index in [1.807, 2.05) is 0 Å². The molecular formula is C14H18N4O5S. The minimum atomic E-state index is -4.05. The maximum absolute atomic E-state index is 12.7. The summed E-state index contributed by atoms with van der Waals surface area (Å²) in [7, 11) is -2.81. The number of nitro benzene ring substituents is 1. The summed E-state index contributed by atoms with van der Waals surface area (Å²) in [4.78, 5) is 24.6. The molecule has 0 aliphatic rings. The quantitative estimate of drug-likeness (QED) is 0.229. The van der Waals surface area contributed by atoms with Gasteiger partial charge in [-0.25, -0.2) is 8.42 Å². The van der Waals surface area contributed by atoms with Crippen molar-refractivity contribution in [2.45, 2.75) is 31.2 Å². The number of carbonyl (C=O) groups is 1. The lowest BCUT2D eigenvalue weighted by molar-refractivity contribution is -0.384. The summed E-state index contributed by atoms with van der Waals surface area (Å²) in [5.41, 5.74) is 8.30. The molecule has 0 fully saturated rings. The van der Waals surface area contributed by atoms with Gasteiger partial charge in [-0.2, -0.15) is 9.10 Å². The Morgan fingerprint density at radius 1 is 1.42 bits per heavy atom. The van der Waals surface area contributed by atoms with Crippen LogP contribution in [0.3, 0.4) is 0 Å². The molecule has 0 unspecified atom stereocenters. The number of hydrogen-bond acceptors (Lipinski definition) is 5. The van der Waals surface area contributed by atoms with Crippen LogP contribution in [0, 0.1) is 16.0 Å². The van der Waals surface area contributed by atoms with E-state index in [0.717, 1.165) is 28.6 Å². The summed E-state index contributed by atoms with van der Waals surface area (Å²) < 4.78 is 26.3. The highest BCUT2D eigenvalue weighted by Gasteiger charge is 2.36. The predicted octanol–water partition coefficient (Wildman–Crippen LogP) is 1.50. The smallest absolute Gasteiger partial charge is 0.324 e. The highest BCUT2D eigenvalue weighted by atomic mass is 32.2. The van der Waals surface area contributed by atoms with Gasteiger partial charge in [-0.1, -0.05) is 20.3 Å². The Kier molecular flexibility index (Phi) is 6.47. The van der Waals surface area contributed by atoms with E-state index in [4.69, 9.17) is 5.53 Å². The van der Waals surface area contributed by atoms with Gasteiger partial charge in [0.1, 0.15) is 0 Å². The molecule has 1 rings (SSSR count). The Morgan fingerprint density at radius 2 is 1.96 bits per heavy atom. The van der Waals surface area contributed by atoms with Gasteiger partial charge in [0.05, 0.1) is 15.9 Å². The zero-order valence-electron chi connectivity index (χ0n) is 13.5. The second-order valence-electron chi connectivity index (χ2n) is 5.25. The summed E-state index contributed by atoms with van der Waals surface area (Å²) in [5.74, 6) is -0.979. The summed E-state index contributed by atoms with van der Waals surface area (Å²) in [6.45, 7) is 3.50. The molecule has 2 atom stereocenters. The number of rotatable bonds is 8. The van der Waals surface area contributed by atoms with Gasteiger partial charge in [0.2, 0.25) is 10.0 Å². The van der Waals surface area contributed by atoms with Crippen LogP contribution >= 0.6 is 0 Å². The minimum absolute atomic E-state index is 0.169. The van der Waals surface area contributed by atoms with Gasteiger partial charge in [-0.3, -0.25) is 14.9 Å². The van der Waals surface area contributed by atoms with Crippen molar-refractivity contribution in [1.29, 1.82) is 0 Å². The molecule has 0 N–H and O–H groups in total. The molecule has 10 heteroatoms. The first kappa shape index (κ1) is 19.6. The van der Waals surface area contributed by atoms with Crippen LogP contribution in [0.1, 0.15) is 20.3 Å². The molecule has 1 aromatic rings. The Bertz CT molecular complexity index is 769. The topological polar surface area (TPSA) is 134 Å². The van der Waals surface area contributed by atoms with Gasteiger partial charge in [-0.05, 0) is 18.1 Å². The van der Waals surface area contributed by atoms with Gasteiger partial charge >= 0.3 is 6.21 Å². The van der Waals surface area contributed by atoms with Crippen LogP contribution in [0.2, 0.25) is 0 Å². The SMILES string of the molecule is CC[C@@H](C)[C@@H](C(=O)C=[N+]=[N-])N(C)S(=O)(=O)c1ccc([N+](=O)[O-])cc1. The van der Waals surface area contributed by atoms with Crippen LogP contribution in [-0.4, -0.2) is 47.5 Å². The molecule has 24 heavy (non-hydrogen) atoms. The number of Topliss-reactive ketones (excluding diaryl/α,β-unsaturated/α-hetero) is 1. The molecule has 0 amide bonds. The Labute approximate surface area is 139 Å². The molecule has 0 spiro atoms. The molecule has 0 aliphatic heterocycles. The molecule has 0 heterocycles. The third-order valence-corrected chi connectivity index (χ3v) is 5.63. The Balaban J connectivity index is 3.29. The lowest BCUT2D eigenvalue weighted by Crippen LogP contribution is -2.46. The Morgan fingerprint density at radius 3 is 2.38 bits per heavy atom. The largest absolute Gasteiger partial charge is 0.361 e. The average Bonchev–Trinajstić information content (AvgIpc) is 2.54. The second-order valence-corrected chi connectivity index (χ2v) is 7.25. The van der Waals surface area contributed by atoms with E-state index < -0.39 is 26.8 Å². The van der Waals surface area contributed by atoms with Crippen molar-refractivity contribution in [3.63, 3.8) is 0 Å². The normalized spacial score (nSPS) is 13.8. The summed E-state index contributed by atoms with van der Waals surface area (Å²) in [6, 6.07) is 3.34. The molecule has 0 aliphatic carbocycles. The molecule has 1 aromatic carbocycles. The number of nitrogens with zero attached hydrogens (tertiary/aromatic N) is 4. The van der Waals surface area contributed by atoms with Gasteiger partial charge in [0.15, 0.2) is 0 Å². The van der Waals surface area contributed by atoms with Gasteiger partial charge in [0.25, 0.3) is 11.5 Å². The first-order chi connectivity index (χ1) is 11.2. The zero-order chi connectivity index (χ0) is 18.5. The molecule has 0 aromatic heterocycles. The molecular weight excluding hydrogens is 336 g/mol. The van der Waals surface area contributed by atoms with E-state index in [9.17, 15) is 23.3 Å². The molecule has 0 bridgehead atoms. The second kappa shape index (κ2) is 7.91. The predicted molar refractivity (Wildman–Crippen MR) is 86.0 cm³/mol. The van der Waals surface area contributed by atoms with E-state index in [1.165, 1.54) is 7.05 Å². The molecule has 9 nitrogen and oxygen atoms in total. The number of hydrogen-bond donors (Lipinski definition) is 0. The van der Waals surface area contributed by atoms with Crippen molar-refractivity contribution in [3.8, 4) is 0 Å². The lowest BCUT2D eigenvalue weighted by Gasteiger charge is -2.28. The first-order valence-corrected chi connectivity index (χ1v) is 8.54. The third-order valence-electron chi connectivity index (χ3n) is 3.78. The molecule has 0 saturated carbocycles. The van der Waals surface area contributed by atoms with Gasteiger partial charge < -0.3 is 5.53 Å². The number of likely N-dealkylation sites (N-methyl/N-ethyl adjacent to an activating group) is 1. The lowest BCUT2D eigenvalue weighted by atomic mass is 9.96. The standard InChI is InChI=1S/C14H18N4O5S/c1-4-10(2)14(13(19)9-16-15)17(3)24(22,23)12-7-5-11(6-8-12)18(20)21/h5-10,14H,4H2,1-3H3/t10-,14+/m1/s1. The number of carbonyl (C=O) groups excluding carboxylic acids is 1. The molecule has 130 valence electrons. The molecule has 0 radical (unpaired) electrons. The fourth-order valence-electron chi connectivity index (χ4n) is 2.23. The maximum Gasteiger partial charge on any atom is 0.324 e. The van der Waals surface area contributed by atoms with Crippen LogP contribution < -0.4 is 0 Å². The van der Waals surface area contributed by atoms with Crippen molar-refractivity contribution >= 4 is 27.7 Å². The zero-order valence-corrected chi connectivity index (χ0v) is 14.3. The number of nitro groups is 1. The van der Waals surface area contributed by atoms with E-state index >= 15 is 0 Å². The number of sulfonamides is 1. The number of non-ortho nitro benzene ring substituents is 1. The van der Waals surface area contributed by atoms with Crippen molar-refractivity contribution in [2.24, 2.45) is 5.92 Å². The minimum Gasteiger partial charge on any atom is -0.361 e. The van der Waals surface area contributed by atoms with Crippen molar-refractivity contribution < 1.29 is 22.9 Å². The average molecular weight is 354 g/mol. The summed E-state index contributed by atoms with van der Waals surface area (Å²) in [6.07, 6.45) is 1.19. The number of ketones is 1. The first-order valence-electron chi connectivity index (χ1n) is 7.10. The Hall–Kier alpha value is -2.42. The third kappa shape index (κ3) is 4.10. The maximum atomic E-state index is 12.7. The van der Waals surface area contributed by atoms with Crippen molar-refractivity contribution in [2.75, 3.05) is 7.05 Å². The summed E-state index contributed by atoms with van der Waals surface area (Å²) >= 11 is 0. The fraction of sp³-hybridized carbons (Fsp3) is 0.429. The van der Waals surface area contributed by atoms with E-state index in [-0.39, 0.29) is 16.5 Å². The van der Waals surface area contributed by atoms with E-state index in [0.29, 0.717) is 12.6 Å². The highest BCUT2D eigenvalue weighted by Crippen LogP contribution is 2.24. The van der Waals surface area contributed by atoms with E-state index in [1.54, 1.807) is 13.8 Å². The van der Waals surface area contributed by atoms with E-state index in [2.05, 4.69) is 4.79 Å². The van der Waals surface area contributed by atoms with Crippen LogP contribution in [-0.2, 0) is 14.8 Å². The van der Waals surface area contributed by atoms with Crippen LogP contribution in [0.4, 0.5) is 5.69 Å². The fourth-order valence-corrected chi connectivity index (χ4v) is 3.65. The van der Waals surface area contributed by atoms with Gasteiger partial charge in [0, 0.05) is 19.2 Å². The monoisotopic (exact) mass is 354 g/mol. The number of benzene rings is 1. The summed E-state index contributed by atoms with van der Waals surface area (Å²) in [5, 5.41) is 10.7. The van der Waals surface area contributed by atoms with Crippen molar-refractivity contribution in [1.82, 2.24) is 4.31 Å². The van der Waals surface area contributed by atoms with Crippen LogP contribution in [0.5, 0.6) is 0 Å². The van der Waals surface area contributed by atoms with Crippen LogP contribution in [0.25, 0.3) is 5.53 Å². The van der Waals surface area contributed by atoms with Crippen LogP contribution in [0.15, 0.2) is 29.2 Å². The van der Waals surface area contributed by atoms with Crippen molar-refractivity contribution in [3.05, 3.63) is 39.9 Å². The molecule has 0 saturated heterocycles.